The number of carbonyl (C=O) groups excluding carboxylic acids is 1. The largest absolute Gasteiger partial charge is 0.497 e. The van der Waals surface area contributed by atoms with Crippen molar-refractivity contribution >= 4 is 15.9 Å². The molecular weight excluding hydrogens is 328 g/mol. The number of hydrogen-bond donors (Lipinski definition) is 1. The van der Waals surface area contributed by atoms with E-state index >= 15 is 0 Å². The number of sulfonamides is 1. The Hall–Kier alpha value is -1.60. The molecule has 0 radical (unpaired) electrons. The van der Waals surface area contributed by atoms with Gasteiger partial charge in [0.15, 0.2) is 0 Å². The van der Waals surface area contributed by atoms with Crippen molar-refractivity contribution in [1.82, 2.24) is 9.62 Å². The van der Waals surface area contributed by atoms with E-state index in [1.54, 1.807) is 7.11 Å². The molecule has 1 rings (SSSR count). The van der Waals surface area contributed by atoms with Crippen LogP contribution in [0.25, 0.3) is 0 Å². The maximum atomic E-state index is 11.9. The quantitative estimate of drug-likeness (QED) is 0.694. The molecule has 1 atom stereocenters. The maximum Gasteiger partial charge on any atom is 0.221 e. The molecule has 7 heteroatoms. The molecule has 0 fully saturated rings. The fourth-order valence-corrected chi connectivity index (χ4v) is 3.58. The summed E-state index contributed by atoms with van der Waals surface area (Å²) in [6.07, 6.45) is 2.78. The lowest BCUT2D eigenvalue weighted by molar-refractivity contribution is -0.121. The molecule has 1 unspecified atom stereocenters. The summed E-state index contributed by atoms with van der Waals surface area (Å²) in [7, 11) is -1.68. The van der Waals surface area contributed by atoms with Crippen molar-refractivity contribution in [1.29, 1.82) is 0 Å². The number of nitrogens with one attached hydrogen (secondary N) is 1. The molecule has 0 saturated carbocycles. The van der Waals surface area contributed by atoms with Crippen molar-refractivity contribution in [2.75, 3.05) is 26.5 Å². The van der Waals surface area contributed by atoms with Gasteiger partial charge in [-0.15, -0.1) is 0 Å². The first-order valence-electron chi connectivity index (χ1n) is 8.14. The van der Waals surface area contributed by atoms with E-state index in [1.807, 2.05) is 38.1 Å². The molecule has 24 heavy (non-hydrogen) atoms. The molecule has 0 heterocycles. The zero-order chi connectivity index (χ0) is 18.2. The smallest absolute Gasteiger partial charge is 0.221 e. The number of ether oxygens (including phenoxy) is 1. The molecule has 1 aromatic carbocycles. The standard InChI is InChI=1S/C17H28N2O4S/c1-5-14(2)19(24(4,21)22)13-11-17(20)18-12-10-15-6-8-16(23-3)9-7-15/h6-9,14H,5,10-13H2,1-4H3,(H,18,20). The zero-order valence-corrected chi connectivity index (χ0v) is 15.7. The minimum absolute atomic E-state index is 0.105. The highest BCUT2D eigenvalue weighted by Gasteiger charge is 2.22. The molecule has 0 aliphatic carbocycles. The average Bonchev–Trinajstić information content (AvgIpc) is 2.54. The predicted molar refractivity (Wildman–Crippen MR) is 95.6 cm³/mol. The lowest BCUT2D eigenvalue weighted by Crippen LogP contribution is -2.40. The van der Waals surface area contributed by atoms with Crippen molar-refractivity contribution in [2.24, 2.45) is 0 Å². The molecule has 1 aromatic rings. The van der Waals surface area contributed by atoms with Crippen LogP contribution in [0, 0.1) is 0 Å². The fraction of sp³-hybridized carbons (Fsp3) is 0.588. The Labute approximate surface area is 145 Å². The van der Waals surface area contributed by atoms with Gasteiger partial charge in [-0.2, -0.15) is 4.31 Å². The fourth-order valence-electron chi connectivity index (χ4n) is 2.36. The van der Waals surface area contributed by atoms with Crippen molar-refractivity contribution < 1.29 is 17.9 Å². The maximum absolute atomic E-state index is 11.9. The first-order valence-corrected chi connectivity index (χ1v) is 9.99. The number of rotatable bonds is 10. The summed E-state index contributed by atoms with van der Waals surface area (Å²) in [5.74, 6) is 0.661. The Balaban J connectivity index is 2.39. The Kier molecular flexibility index (Phi) is 8.21. The summed E-state index contributed by atoms with van der Waals surface area (Å²) in [4.78, 5) is 11.9. The highest BCUT2D eigenvalue weighted by molar-refractivity contribution is 7.88. The third-order valence-corrected chi connectivity index (χ3v) is 5.36. The van der Waals surface area contributed by atoms with Crippen LogP contribution < -0.4 is 10.1 Å². The number of carbonyl (C=O) groups is 1. The van der Waals surface area contributed by atoms with Gasteiger partial charge >= 0.3 is 0 Å². The van der Waals surface area contributed by atoms with Crippen LogP contribution in [0.15, 0.2) is 24.3 Å². The van der Waals surface area contributed by atoms with E-state index in [-0.39, 0.29) is 24.9 Å². The second-order valence-corrected chi connectivity index (χ2v) is 7.76. The van der Waals surface area contributed by atoms with Gasteiger partial charge in [0.05, 0.1) is 13.4 Å². The molecule has 0 aliphatic heterocycles. The normalized spacial score (nSPS) is 12.9. The predicted octanol–water partition coefficient (Wildman–Crippen LogP) is 1.80. The van der Waals surface area contributed by atoms with Crippen LogP contribution in [0.2, 0.25) is 0 Å². The van der Waals surface area contributed by atoms with Gasteiger partial charge in [-0.1, -0.05) is 19.1 Å². The van der Waals surface area contributed by atoms with Crippen molar-refractivity contribution in [3.63, 3.8) is 0 Å². The van der Waals surface area contributed by atoms with Crippen molar-refractivity contribution in [3.05, 3.63) is 29.8 Å². The van der Waals surface area contributed by atoms with Gasteiger partial charge in [0, 0.05) is 25.6 Å². The van der Waals surface area contributed by atoms with Gasteiger partial charge in [-0.25, -0.2) is 8.42 Å². The molecular formula is C17H28N2O4S. The van der Waals surface area contributed by atoms with Crippen LogP contribution in [0.3, 0.4) is 0 Å². The number of methoxy groups -OCH3 is 1. The first kappa shape index (κ1) is 20.4. The first-order chi connectivity index (χ1) is 11.3. The van der Waals surface area contributed by atoms with Gasteiger partial charge in [-0.3, -0.25) is 4.79 Å². The summed E-state index contributed by atoms with van der Waals surface area (Å²) < 4.78 is 30.0. The molecule has 0 spiro atoms. The van der Waals surface area contributed by atoms with E-state index in [9.17, 15) is 13.2 Å². The summed E-state index contributed by atoms with van der Waals surface area (Å²) in [5, 5.41) is 2.83. The van der Waals surface area contributed by atoms with Gasteiger partial charge in [0.1, 0.15) is 5.75 Å². The highest BCUT2D eigenvalue weighted by Crippen LogP contribution is 2.11. The van der Waals surface area contributed by atoms with E-state index < -0.39 is 10.0 Å². The van der Waals surface area contributed by atoms with E-state index in [0.717, 1.165) is 17.7 Å². The summed E-state index contributed by atoms with van der Waals surface area (Å²) in [6, 6.07) is 7.58. The third-order valence-electron chi connectivity index (χ3n) is 3.96. The second kappa shape index (κ2) is 9.64. The number of benzene rings is 1. The van der Waals surface area contributed by atoms with Crippen LogP contribution >= 0.6 is 0 Å². The minimum Gasteiger partial charge on any atom is -0.497 e. The van der Waals surface area contributed by atoms with E-state index in [4.69, 9.17) is 4.74 Å². The van der Waals surface area contributed by atoms with E-state index in [1.165, 1.54) is 10.6 Å². The number of amides is 1. The lowest BCUT2D eigenvalue weighted by atomic mass is 10.1. The topological polar surface area (TPSA) is 75.7 Å². The molecule has 1 amide bonds. The average molecular weight is 356 g/mol. The highest BCUT2D eigenvalue weighted by atomic mass is 32.2. The van der Waals surface area contributed by atoms with Crippen molar-refractivity contribution in [2.45, 2.75) is 39.2 Å². The molecule has 1 N–H and O–H groups in total. The van der Waals surface area contributed by atoms with Crippen molar-refractivity contribution in [3.8, 4) is 5.75 Å². The SMILES string of the molecule is CCC(C)N(CCC(=O)NCCc1ccc(OC)cc1)S(C)(=O)=O. The summed E-state index contributed by atoms with van der Waals surface area (Å²) in [6.45, 7) is 4.51. The van der Waals surface area contributed by atoms with Crippen LogP contribution in [-0.4, -0.2) is 51.1 Å². The van der Waals surface area contributed by atoms with Crippen LogP contribution in [0.4, 0.5) is 0 Å². The molecule has 136 valence electrons. The monoisotopic (exact) mass is 356 g/mol. The lowest BCUT2D eigenvalue weighted by Gasteiger charge is -2.25. The number of nitrogens with zero attached hydrogens (tertiary/aromatic N) is 1. The Morgan fingerprint density at radius 2 is 1.92 bits per heavy atom. The molecule has 0 saturated heterocycles. The van der Waals surface area contributed by atoms with Gasteiger partial charge in [0.25, 0.3) is 0 Å². The molecule has 6 nitrogen and oxygen atoms in total. The third kappa shape index (κ3) is 6.88. The van der Waals surface area contributed by atoms with E-state index in [0.29, 0.717) is 13.0 Å². The Bertz CT molecular complexity index is 614. The van der Waals surface area contributed by atoms with Gasteiger partial charge in [0.2, 0.25) is 15.9 Å². The molecule has 0 bridgehead atoms. The van der Waals surface area contributed by atoms with Crippen LogP contribution in [-0.2, 0) is 21.2 Å². The van der Waals surface area contributed by atoms with Crippen LogP contribution in [0.5, 0.6) is 5.75 Å². The molecule has 0 aromatic heterocycles. The Morgan fingerprint density at radius 3 is 2.42 bits per heavy atom. The zero-order valence-electron chi connectivity index (χ0n) is 14.9. The second-order valence-electron chi connectivity index (χ2n) is 5.83. The summed E-state index contributed by atoms with van der Waals surface area (Å²) in [5.41, 5.74) is 1.11. The van der Waals surface area contributed by atoms with Gasteiger partial charge < -0.3 is 10.1 Å². The summed E-state index contributed by atoms with van der Waals surface area (Å²) >= 11 is 0. The van der Waals surface area contributed by atoms with E-state index in [2.05, 4.69) is 5.32 Å². The minimum atomic E-state index is -3.30. The number of hydrogen-bond acceptors (Lipinski definition) is 4. The van der Waals surface area contributed by atoms with Crippen LogP contribution in [0.1, 0.15) is 32.3 Å². The van der Waals surface area contributed by atoms with Gasteiger partial charge in [-0.05, 0) is 37.5 Å². The molecule has 0 aliphatic rings. The Morgan fingerprint density at radius 1 is 1.29 bits per heavy atom.